The Morgan fingerprint density at radius 1 is 1.19 bits per heavy atom. The lowest BCUT2D eigenvalue weighted by Gasteiger charge is -2.27. The topological polar surface area (TPSA) is 63.8 Å². The molecule has 1 N–H and O–H groups in total. The van der Waals surface area contributed by atoms with Crippen LogP contribution in [0.3, 0.4) is 0 Å². The van der Waals surface area contributed by atoms with Gasteiger partial charge >= 0.3 is 0 Å². The quantitative estimate of drug-likeness (QED) is 0.914. The van der Waals surface area contributed by atoms with E-state index in [9.17, 15) is 0 Å². The third-order valence-electron chi connectivity index (χ3n) is 4.14. The minimum absolute atomic E-state index is 0.410. The predicted octanol–water partition coefficient (Wildman–Crippen LogP) is 3.16. The van der Waals surface area contributed by atoms with Crippen LogP contribution in [0.5, 0.6) is 0 Å². The fraction of sp³-hybridized carbons (Fsp3) is 0.562. The van der Waals surface area contributed by atoms with Gasteiger partial charge in [-0.25, -0.2) is 0 Å². The average Bonchev–Trinajstić information content (AvgIpc) is 3.04. The van der Waals surface area contributed by atoms with Gasteiger partial charge in [-0.1, -0.05) is 12.1 Å². The van der Waals surface area contributed by atoms with Crippen molar-refractivity contribution in [2.45, 2.75) is 51.0 Å². The summed E-state index contributed by atoms with van der Waals surface area (Å²) in [4.78, 5) is 8.57. The zero-order chi connectivity index (χ0) is 14.5. The molecule has 0 bridgehead atoms. The van der Waals surface area contributed by atoms with Gasteiger partial charge in [-0.05, 0) is 50.8 Å². The van der Waals surface area contributed by atoms with Crippen LogP contribution in [0.25, 0.3) is 11.4 Å². The van der Waals surface area contributed by atoms with Gasteiger partial charge in [-0.3, -0.25) is 4.98 Å². The maximum atomic E-state index is 5.47. The number of rotatable bonds is 5. The molecule has 0 unspecified atom stereocenters. The van der Waals surface area contributed by atoms with E-state index in [0.29, 0.717) is 17.8 Å². The molecule has 3 rings (SSSR count). The largest absolute Gasteiger partial charge is 0.339 e. The van der Waals surface area contributed by atoms with Crippen molar-refractivity contribution < 1.29 is 4.52 Å². The molecule has 2 aromatic heterocycles. The molecule has 0 amide bonds. The molecular weight excluding hydrogens is 264 g/mol. The molecule has 0 saturated heterocycles. The summed E-state index contributed by atoms with van der Waals surface area (Å²) < 4.78 is 5.47. The summed E-state index contributed by atoms with van der Waals surface area (Å²) >= 11 is 0. The van der Waals surface area contributed by atoms with Crippen molar-refractivity contribution in [2.24, 2.45) is 0 Å². The summed E-state index contributed by atoms with van der Waals surface area (Å²) in [6.07, 6.45) is 9.32. The molecular formula is C16H22N4O. The molecule has 1 saturated carbocycles. The summed E-state index contributed by atoms with van der Waals surface area (Å²) in [5.74, 6) is 1.86. The van der Waals surface area contributed by atoms with Crippen molar-refractivity contribution in [3.05, 3.63) is 30.4 Å². The van der Waals surface area contributed by atoms with Gasteiger partial charge in [0.2, 0.25) is 11.7 Å². The first-order chi connectivity index (χ1) is 10.4. The molecule has 0 radical (unpaired) electrons. The molecule has 0 spiro atoms. The van der Waals surface area contributed by atoms with Crippen molar-refractivity contribution >= 4 is 0 Å². The van der Waals surface area contributed by atoms with Gasteiger partial charge in [0.05, 0.1) is 0 Å². The molecule has 1 aliphatic rings. The van der Waals surface area contributed by atoms with Crippen molar-refractivity contribution in [3.63, 3.8) is 0 Å². The highest BCUT2D eigenvalue weighted by Gasteiger charge is 2.26. The lowest BCUT2D eigenvalue weighted by atomic mass is 9.86. The summed E-state index contributed by atoms with van der Waals surface area (Å²) in [5, 5.41) is 7.70. The second-order valence-corrected chi connectivity index (χ2v) is 5.69. The zero-order valence-electron chi connectivity index (χ0n) is 12.5. The van der Waals surface area contributed by atoms with Gasteiger partial charge in [-0.2, -0.15) is 4.98 Å². The van der Waals surface area contributed by atoms with Crippen LogP contribution in [0.1, 0.15) is 50.8 Å². The van der Waals surface area contributed by atoms with Gasteiger partial charge in [-0.15, -0.1) is 0 Å². The van der Waals surface area contributed by atoms with Gasteiger partial charge in [0, 0.05) is 29.9 Å². The van der Waals surface area contributed by atoms with Crippen LogP contribution in [-0.4, -0.2) is 27.7 Å². The molecule has 0 aromatic carbocycles. The SMILES string of the molecule is CCCNC1CCC(c2nc(-c3ccncc3)no2)CC1. The lowest BCUT2D eigenvalue weighted by molar-refractivity contribution is 0.283. The molecule has 5 nitrogen and oxygen atoms in total. The number of aromatic nitrogens is 3. The van der Waals surface area contributed by atoms with E-state index in [1.165, 1.54) is 19.3 Å². The Bertz CT molecular complexity index is 546. The van der Waals surface area contributed by atoms with Gasteiger partial charge in [0.1, 0.15) is 0 Å². The summed E-state index contributed by atoms with van der Waals surface area (Å²) in [6.45, 7) is 3.32. The third-order valence-corrected chi connectivity index (χ3v) is 4.14. The number of pyridine rings is 1. The van der Waals surface area contributed by atoms with Crippen LogP contribution < -0.4 is 5.32 Å². The van der Waals surface area contributed by atoms with Crippen molar-refractivity contribution in [1.29, 1.82) is 0 Å². The van der Waals surface area contributed by atoms with Crippen molar-refractivity contribution in [1.82, 2.24) is 20.4 Å². The highest BCUT2D eigenvalue weighted by Crippen LogP contribution is 2.32. The summed E-state index contributed by atoms with van der Waals surface area (Å²) in [7, 11) is 0. The van der Waals surface area contributed by atoms with Crippen LogP contribution >= 0.6 is 0 Å². The minimum atomic E-state index is 0.410. The van der Waals surface area contributed by atoms with Gasteiger partial charge < -0.3 is 9.84 Å². The first-order valence-corrected chi connectivity index (χ1v) is 7.84. The molecule has 21 heavy (non-hydrogen) atoms. The van der Waals surface area contributed by atoms with E-state index in [4.69, 9.17) is 4.52 Å². The second kappa shape index (κ2) is 6.80. The van der Waals surface area contributed by atoms with E-state index in [0.717, 1.165) is 30.8 Å². The Balaban J connectivity index is 1.60. The fourth-order valence-electron chi connectivity index (χ4n) is 2.91. The molecule has 2 aromatic rings. The molecule has 1 fully saturated rings. The highest BCUT2D eigenvalue weighted by molar-refractivity contribution is 5.52. The van der Waals surface area contributed by atoms with Crippen LogP contribution in [-0.2, 0) is 0 Å². The van der Waals surface area contributed by atoms with Crippen LogP contribution in [0.4, 0.5) is 0 Å². The van der Waals surface area contributed by atoms with E-state index in [2.05, 4.69) is 27.4 Å². The Labute approximate surface area is 125 Å². The van der Waals surface area contributed by atoms with E-state index in [1.807, 2.05) is 12.1 Å². The Kier molecular flexibility index (Phi) is 4.60. The van der Waals surface area contributed by atoms with Crippen LogP contribution in [0.2, 0.25) is 0 Å². The minimum Gasteiger partial charge on any atom is -0.339 e. The number of nitrogens with one attached hydrogen (secondary N) is 1. The highest BCUT2D eigenvalue weighted by atomic mass is 16.5. The predicted molar refractivity (Wildman–Crippen MR) is 80.8 cm³/mol. The molecule has 2 heterocycles. The first kappa shape index (κ1) is 14.2. The smallest absolute Gasteiger partial charge is 0.230 e. The van der Waals surface area contributed by atoms with E-state index < -0.39 is 0 Å². The first-order valence-electron chi connectivity index (χ1n) is 7.84. The second-order valence-electron chi connectivity index (χ2n) is 5.69. The van der Waals surface area contributed by atoms with E-state index in [1.54, 1.807) is 12.4 Å². The maximum absolute atomic E-state index is 5.47. The molecule has 5 heteroatoms. The van der Waals surface area contributed by atoms with Crippen LogP contribution in [0.15, 0.2) is 29.0 Å². The number of nitrogens with zero attached hydrogens (tertiary/aromatic N) is 3. The summed E-state index contributed by atoms with van der Waals surface area (Å²) in [5.41, 5.74) is 0.957. The normalized spacial score (nSPS) is 22.3. The Morgan fingerprint density at radius 2 is 1.95 bits per heavy atom. The zero-order valence-corrected chi connectivity index (χ0v) is 12.5. The van der Waals surface area contributed by atoms with E-state index in [-0.39, 0.29) is 0 Å². The number of hydrogen-bond donors (Lipinski definition) is 1. The van der Waals surface area contributed by atoms with Crippen molar-refractivity contribution in [2.75, 3.05) is 6.54 Å². The summed E-state index contributed by atoms with van der Waals surface area (Å²) in [6, 6.07) is 4.46. The van der Waals surface area contributed by atoms with Gasteiger partial charge in [0.25, 0.3) is 0 Å². The van der Waals surface area contributed by atoms with Gasteiger partial charge in [0.15, 0.2) is 0 Å². The Morgan fingerprint density at radius 3 is 2.67 bits per heavy atom. The number of hydrogen-bond acceptors (Lipinski definition) is 5. The molecule has 0 atom stereocenters. The standard InChI is InChI=1S/C16H22N4O/c1-2-9-18-14-5-3-13(4-6-14)16-19-15(20-21-16)12-7-10-17-11-8-12/h7-8,10-11,13-14,18H,2-6,9H2,1H3. The third kappa shape index (κ3) is 3.47. The monoisotopic (exact) mass is 286 g/mol. The molecule has 0 aliphatic heterocycles. The average molecular weight is 286 g/mol. The van der Waals surface area contributed by atoms with Crippen LogP contribution in [0, 0.1) is 0 Å². The Hall–Kier alpha value is -1.75. The van der Waals surface area contributed by atoms with E-state index >= 15 is 0 Å². The molecule has 1 aliphatic carbocycles. The molecule has 112 valence electrons. The maximum Gasteiger partial charge on any atom is 0.230 e. The van der Waals surface area contributed by atoms with Crippen molar-refractivity contribution in [3.8, 4) is 11.4 Å². The fourth-order valence-corrected chi connectivity index (χ4v) is 2.91. The lowest BCUT2D eigenvalue weighted by Crippen LogP contribution is -2.33.